The Morgan fingerprint density at radius 1 is 1.29 bits per heavy atom. The van der Waals surface area contributed by atoms with Crippen LogP contribution >= 0.6 is 15.9 Å². The van der Waals surface area contributed by atoms with Gasteiger partial charge in [-0.1, -0.05) is 6.92 Å². The molecule has 0 saturated heterocycles. The molecule has 0 radical (unpaired) electrons. The van der Waals surface area contributed by atoms with Crippen molar-refractivity contribution in [3.05, 3.63) is 51.0 Å². The van der Waals surface area contributed by atoms with Gasteiger partial charge in [0.05, 0.1) is 27.5 Å². The summed E-state index contributed by atoms with van der Waals surface area (Å²) in [4.78, 5) is 0. The van der Waals surface area contributed by atoms with Crippen LogP contribution < -0.4 is 0 Å². The minimum atomic E-state index is -1.43. The summed E-state index contributed by atoms with van der Waals surface area (Å²) in [5, 5.41) is 14.3. The quantitative estimate of drug-likeness (QED) is 0.904. The van der Waals surface area contributed by atoms with Crippen LogP contribution in [-0.4, -0.2) is 14.9 Å². The van der Waals surface area contributed by atoms with Crippen LogP contribution in [-0.2, 0) is 19.9 Å². The zero-order chi connectivity index (χ0) is 15.7. The van der Waals surface area contributed by atoms with Crippen LogP contribution in [0.25, 0.3) is 0 Å². The van der Waals surface area contributed by atoms with E-state index in [9.17, 15) is 18.3 Å². The molecule has 21 heavy (non-hydrogen) atoms. The number of hydrogen-bond donors (Lipinski definition) is 1. The topological polar surface area (TPSA) is 38.0 Å². The second kappa shape index (κ2) is 6.19. The number of halogens is 4. The Morgan fingerprint density at radius 2 is 1.86 bits per heavy atom. The van der Waals surface area contributed by atoms with Gasteiger partial charge in [0, 0.05) is 25.6 Å². The van der Waals surface area contributed by atoms with Crippen LogP contribution in [0.1, 0.15) is 30.0 Å². The molecule has 1 unspecified atom stereocenters. The van der Waals surface area contributed by atoms with Gasteiger partial charge in [-0.05, 0) is 22.4 Å². The molecule has 3 nitrogen and oxygen atoms in total. The number of hydrogen-bond acceptors (Lipinski definition) is 2. The summed E-state index contributed by atoms with van der Waals surface area (Å²) in [6.45, 7) is 1.92. The molecule has 114 valence electrons. The lowest BCUT2D eigenvalue weighted by atomic mass is 10.0. The van der Waals surface area contributed by atoms with Crippen molar-refractivity contribution in [1.29, 1.82) is 0 Å². The number of aryl methyl sites for hydroxylation is 2. The molecule has 1 aromatic carbocycles. The van der Waals surface area contributed by atoms with Gasteiger partial charge < -0.3 is 5.11 Å². The summed E-state index contributed by atoms with van der Waals surface area (Å²) in [6, 6.07) is 1.11. The van der Waals surface area contributed by atoms with Crippen molar-refractivity contribution in [2.75, 3.05) is 0 Å². The highest BCUT2D eigenvalue weighted by molar-refractivity contribution is 9.10. The van der Waals surface area contributed by atoms with Crippen molar-refractivity contribution in [1.82, 2.24) is 9.78 Å². The highest BCUT2D eigenvalue weighted by Crippen LogP contribution is 2.29. The number of nitrogens with zero attached hydrogens (tertiary/aromatic N) is 2. The largest absolute Gasteiger partial charge is 0.388 e. The molecule has 0 saturated carbocycles. The summed E-state index contributed by atoms with van der Waals surface area (Å²) in [7, 11) is 1.68. The molecule has 1 heterocycles. The number of aromatic nitrogens is 2. The van der Waals surface area contributed by atoms with E-state index in [4.69, 9.17) is 0 Å². The Morgan fingerprint density at radius 3 is 2.33 bits per heavy atom. The number of rotatable bonds is 4. The maximum absolute atomic E-state index is 13.7. The first-order valence-electron chi connectivity index (χ1n) is 6.37. The zero-order valence-electron chi connectivity index (χ0n) is 11.5. The van der Waals surface area contributed by atoms with Gasteiger partial charge in [-0.25, -0.2) is 13.2 Å². The molecule has 0 fully saturated rings. The lowest BCUT2D eigenvalue weighted by Gasteiger charge is -2.13. The lowest BCUT2D eigenvalue weighted by molar-refractivity contribution is 0.165. The van der Waals surface area contributed by atoms with Crippen molar-refractivity contribution >= 4 is 15.9 Å². The van der Waals surface area contributed by atoms with E-state index in [1.807, 2.05) is 6.92 Å². The Bertz CT molecular complexity index is 649. The fraction of sp³-hybridized carbons (Fsp3) is 0.357. The molecule has 1 atom stereocenters. The molecule has 1 N–H and O–H groups in total. The molecule has 0 aliphatic carbocycles. The van der Waals surface area contributed by atoms with Crippen molar-refractivity contribution in [2.24, 2.45) is 7.05 Å². The normalized spacial score (nSPS) is 12.7. The van der Waals surface area contributed by atoms with Crippen LogP contribution in [0.15, 0.2) is 16.6 Å². The van der Waals surface area contributed by atoms with Gasteiger partial charge >= 0.3 is 0 Å². The summed E-state index contributed by atoms with van der Waals surface area (Å²) in [6.07, 6.45) is -0.783. The smallest absolute Gasteiger partial charge is 0.134 e. The highest BCUT2D eigenvalue weighted by Gasteiger charge is 2.23. The van der Waals surface area contributed by atoms with Crippen LogP contribution in [0, 0.1) is 17.5 Å². The zero-order valence-corrected chi connectivity index (χ0v) is 13.1. The van der Waals surface area contributed by atoms with E-state index < -0.39 is 29.1 Å². The van der Waals surface area contributed by atoms with Crippen molar-refractivity contribution in [2.45, 2.75) is 25.9 Å². The van der Waals surface area contributed by atoms with Crippen molar-refractivity contribution in [3.8, 4) is 0 Å². The Balaban J connectivity index is 2.35. The first-order chi connectivity index (χ1) is 9.85. The number of aliphatic hydroxyl groups is 1. The van der Waals surface area contributed by atoms with E-state index in [0.29, 0.717) is 28.7 Å². The van der Waals surface area contributed by atoms with Crippen LogP contribution in [0.2, 0.25) is 0 Å². The molecule has 0 aliphatic rings. The Labute approximate surface area is 128 Å². The molecule has 2 aromatic rings. The molecule has 0 aliphatic heterocycles. The lowest BCUT2D eigenvalue weighted by Crippen LogP contribution is -2.11. The SMILES string of the molecule is CCc1nn(C)c(CC(O)c2c(F)cc(F)cc2F)c1Br. The van der Waals surface area contributed by atoms with E-state index in [0.717, 1.165) is 5.69 Å². The summed E-state index contributed by atoms with van der Waals surface area (Å²) in [5.41, 5.74) is 0.866. The molecular weight excluding hydrogens is 349 g/mol. The average Bonchev–Trinajstić information content (AvgIpc) is 2.65. The minimum absolute atomic E-state index is 0.0381. The average molecular weight is 363 g/mol. The minimum Gasteiger partial charge on any atom is -0.388 e. The summed E-state index contributed by atoms with van der Waals surface area (Å²) in [5.74, 6) is -3.22. The predicted molar refractivity (Wildman–Crippen MR) is 75.3 cm³/mol. The monoisotopic (exact) mass is 362 g/mol. The molecule has 2 rings (SSSR count). The molecule has 0 spiro atoms. The van der Waals surface area contributed by atoms with Gasteiger partial charge in [-0.3, -0.25) is 4.68 Å². The van der Waals surface area contributed by atoms with Crippen molar-refractivity contribution < 1.29 is 18.3 Å². The molecule has 1 aromatic heterocycles. The van der Waals surface area contributed by atoms with E-state index in [1.54, 1.807) is 11.7 Å². The maximum atomic E-state index is 13.7. The van der Waals surface area contributed by atoms with Gasteiger partial charge in [0.15, 0.2) is 0 Å². The van der Waals surface area contributed by atoms with E-state index in [-0.39, 0.29) is 6.42 Å². The van der Waals surface area contributed by atoms with E-state index >= 15 is 0 Å². The van der Waals surface area contributed by atoms with Gasteiger partial charge in [0.25, 0.3) is 0 Å². The second-order valence-electron chi connectivity index (χ2n) is 4.69. The first-order valence-corrected chi connectivity index (χ1v) is 7.17. The van der Waals surface area contributed by atoms with Crippen LogP contribution in [0.4, 0.5) is 13.2 Å². The van der Waals surface area contributed by atoms with E-state index in [2.05, 4.69) is 21.0 Å². The predicted octanol–water partition coefficient (Wildman–Crippen LogP) is 3.44. The molecule has 0 bridgehead atoms. The first kappa shape index (κ1) is 16.0. The number of aliphatic hydroxyl groups excluding tert-OH is 1. The highest BCUT2D eigenvalue weighted by atomic mass is 79.9. The van der Waals surface area contributed by atoms with E-state index in [1.165, 1.54) is 0 Å². The number of benzene rings is 1. The van der Waals surface area contributed by atoms with Gasteiger partial charge in [0.2, 0.25) is 0 Å². The third kappa shape index (κ3) is 3.13. The molecular formula is C14H14BrF3N2O. The van der Waals surface area contributed by atoms with Gasteiger partial charge in [0.1, 0.15) is 17.5 Å². The third-order valence-electron chi connectivity index (χ3n) is 3.27. The Hall–Kier alpha value is -1.34. The maximum Gasteiger partial charge on any atom is 0.134 e. The summed E-state index contributed by atoms with van der Waals surface area (Å²) >= 11 is 3.37. The molecule has 7 heteroatoms. The standard InChI is InChI=1S/C14H14BrF3N2O/c1-3-10-14(15)11(20(2)19-10)6-12(21)13-8(17)4-7(16)5-9(13)18/h4-5,12,21H,3,6H2,1-2H3. The second-order valence-corrected chi connectivity index (χ2v) is 5.48. The molecule has 0 amide bonds. The van der Waals surface area contributed by atoms with Crippen molar-refractivity contribution in [3.63, 3.8) is 0 Å². The van der Waals surface area contributed by atoms with Gasteiger partial charge in [-0.2, -0.15) is 5.10 Å². The fourth-order valence-corrected chi connectivity index (χ4v) is 2.98. The van der Waals surface area contributed by atoms with Crippen LogP contribution in [0.5, 0.6) is 0 Å². The Kier molecular flexibility index (Phi) is 4.73. The fourth-order valence-electron chi connectivity index (χ4n) is 2.20. The third-order valence-corrected chi connectivity index (χ3v) is 4.18. The van der Waals surface area contributed by atoms with Crippen LogP contribution in [0.3, 0.4) is 0 Å². The summed E-state index contributed by atoms with van der Waals surface area (Å²) < 4.78 is 42.5. The van der Waals surface area contributed by atoms with Gasteiger partial charge in [-0.15, -0.1) is 0 Å².